The topological polar surface area (TPSA) is 94.1 Å². The molecule has 0 aliphatic carbocycles. The number of aliphatic hydroxyl groups is 1. The number of aliphatic hydroxyl groups excluding tert-OH is 1. The average molecular weight is 407 g/mol. The lowest BCUT2D eigenvalue weighted by Gasteiger charge is -2.37. The number of likely N-dealkylation sites (N-methyl/N-ethyl adjacent to an activating group) is 1. The molecule has 0 radical (unpaired) electrons. The monoisotopic (exact) mass is 406 g/mol. The number of hydrogen-bond acceptors (Lipinski definition) is 5. The molecule has 0 saturated heterocycles. The van der Waals surface area contributed by atoms with Crippen LogP contribution in [0.15, 0.2) is 18.2 Å². The summed E-state index contributed by atoms with van der Waals surface area (Å²) in [7, 11) is 3.96. The first-order chi connectivity index (χ1) is 13.6. The van der Waals surface area contributed by atoms with E-state index in [1.54, 1.807) is 23.1 Å². The van der Waals surface area contributed by atoms with Gasteiger partial charge >= 0.3 is 6.03 Å². The van der Waals surface area contributed by atoms with Gasteiger partial charge < -0.3 is 30.3 Å². The third-order valence-corrected chi connectivity index (χ3v) is 4.89. The molecule has 0 aromatic heterocycles. The zero-order valence-corrected chi connectivity index (χ0v) is 18.2. The van der Waals surface area contributed by atoms with Gasteiger partial charge in [0, 0.05) is 30.7 Å². The standard InChI is InChI=1S/C21H34N4O4/c1-13(2)22-21(28)23-16-7-8-18-17(9-16)20(27)25(15(4)12-26)10-14(3)19(29-18)11-24(5)6/h7-9,13-15,19,26H,10-12H2,1-6H3,(H2,22,23,28)/t14-,15-,19-/m1/s1. The highest BCUT2D eigenvalue weighted by molar-refractivity contribution is 5.99. The lowest BCUT2D eigenvalue weighted by Crippen LogP contribution is -2.49. The second-order valence-electron chi connectivity index (χ2n) is 8.35. The van der Waals surface area contributed by atoms with Gasteiger partial charge in [-0.15, -0.1) is 0 Å². The molecule has 1 aliphatic heterocycles. The van der Waals surface area contributed by atoms with Crippen molar-refractivity contribution in [3.8, 4) is 5.75 Å². The Morgan fingerprint density at radius 1 is 1.34 bits per heavy atom. The van der Waals surface area contributed by atoms with Crippen LogP contribution in [0.1, 0.15) is 38.1 Å². The first kappa shape index (κ1) is 23.0. The second-order valence-corrected chi connectivity index (χ2v) is 8.35. The minimum Gasteiger partial charge on any atom is -0.488 e. The lowest BCUT2D eigenvalue weighted by atomic mass is 9.99. The van der Waals surface area contributed by atoms with E-state index in [1.165, 1.54) is 0 Å². The first-order valence-electron chi connectivity index (χ1n) is 10.1. The fourth-order valence-electron chi connectivity index (χ4n) is 3.31. The van der Waals surface area contributed by atoms with Crippen molar-refractivity contribution in [3.05, 3.63) is 23.8 Å². The molecule has 0 spiro atoms. The summed E-state index contributed by atoms with van der Waals surface area (Å²) in [6, 6.07) is 4.43. The Balaban J connectivity index is 2.41. The number of amides is 3. The van der Waals surface area contributed by atoms with Gasteiger partial charge in [0.25, 0.3) is 5.91 Å². The van der Waals surface area contributed by atoms with Gasteiger partial charge in [-0.3, -0.25) is 4.79 Å². The summed E-state index contributed by atoms with van der Waals surface area (Å²) in [5, 5.41) is 15.2. The van der Waals surface area contributed by atoms with E-state index >= 15 is 0 Å². The Morgan fingerprint density at radius 3 is 2.62 bits per heavy atom. The third kappa shape index (κ3) is 6.08. The zero-order chi connectivity index (χ0) is 21.7. The molecule has 0 unspecified atom stereocenters. The molecule has 1 aromatic rings. The second kappa shape index (κ2) is 9.93. The van der Waals surface area contributed by atoms with Gasteiger partial charge in [-0.05, 0) is 53.1 Å². The van der Waals surface area contributed by atoms with Gasteiger partial charge in [-0.1, -0.05) is 6.92 Å². The summed E-state index contributed by atoms with van der Waals surface area (Å²) >= 11 is 0. The number of urea groups is 1. The minimum absolute atomic E-state index is 0.00141. The molecule has 3 atom stereocenters. The van der Waals surface area contributed by atoms with E-state index in [2.05, 4.69) is 22.5 Å². The van der Waals surface area contributed by atoms with Crippen LogP contribution < -0.4 is 15.4 Å². The summed E-state index contributed by atoms with van der Waals surface area (Å²) in [6.07, 6.45) is -0.117. The fourth-order valence-corrected chi connectivity index (χ4v) is 3.31. The Kier molecular flexibility index (Phi) is 7.87. The summed E-state index contributed by atoms with van der Waals surface area (Å²) < 4.78 is 6.24. The molecule has 162 valence electrons. The smallest absolute Gasteiger partial charge is 0.319 e. The van der Waals surface area contributed by atoms with Crippen LogP contribution in [0, 0.1) is 5.92 Å². The molecule has 8 heteroatoms. The van der Waals surface area contributed by atoms with E-state index < -0.39 is 0 Å². The normalized spacial score (nSPS) is 20.6. The summed E-state index contributed by atoms with van der Waals surface area (Å²) in [6.45, 7) is 8.68. The van der Waals surface area contributed by atoms with Crippen LogP contribution in [0.4, 0.5) is 10.5 Å². The maximum atomic E-state index is 13.3. The highest BCUT2D eigenvalue weighted by atomic mass is 16.5. The molecule has 3 N–H and O–H groups in total. The quantitative estimate of drug-likeness (QED) is 0.672. The largest absolute Gasteiger partial charge is 0.488 e. The number of rotatable bonds is 6. The van der Waals surface area contributed by atoms with Crippen molar-refractivity contribution in [2.24, 2.45) is 5.92 Å². The Labute approximate surface area is 173 Å². The summed E-state index contributed by atoms with van der Waals surface area (Å²) in [5.74, 6) is 0.348. The van der Waals surface area contributed by atoms with E-state index in [0.29, 0.717) is 30.1 Å². The molecule has 8 nitrogen and oxygen atoms in total. The molecule has 2 rings (SSSR count). The van der Waals surface area contributed by atoms with E-state index in [9.17, 15) is 14.7 Å². The number of hydrogen-bond donors (Lipinski definition) is 3. The molecule has 0 bridgehead atoms. The van der Waals surface area contributed by atoms with Crippen LogP contribution >= 0.6 is 0 Å². The number of anilines is 1. The van der Waals surface area contributed by atoms with Crippen LogP contribution in [-0.2, 0) is 0 Å². The SMILES string of the molecule is CC(C)NC(=O)Nc1ccc2c(c1)C(=O)N([C@H](C)CO)C[C@@H](C)[C@@H](CN(C)C)O2. The molecule has 3 amide bonds. The van der Waals surface area contributed by atoms with Crippen molar-refractivity contribution in [1.29, 1.82) is 0 Å². The maximum absolute atomic E-state index is 13.3. The van der Waals surface area contributed by atoms with E-state index in [4.69, 9.17) is 4.74 Å². The molecule has 1 aliphatic rings. The van der Waals surface area contributed by atoms with Crippen LogP contribution in [0.5, 0.6) is 5.75 Å². The van der Waals surface area contributed by atoms with Crippen molar-refractivity contribution in [2.45, 2.75) is 45.9 Å². The van der Waals surface area contributed by atoms with Crippen molar-refractivity contribution >= 4 is 17.6 Å². The maximum Gasteiger partial charge on any atom is 0.319 e. The molecule has 0 fully saturated rings. The summed E-state index contributed by atoms with van der Waals surface area (Å²) in [4.78, 5) is 29.1. The lowest BCUT2D eigenvalue weighted by molar-refractivity contribution is 0.0363. The van der Waals surface area contributed by atoms with Gasteiger partial charge in [0.2, 0.25) is 0 Å². The molecule has 1 aromatic carbocycles. The van der Waals surface area contributed by atoms with Crippen molar-refractivity contribution in [2.75, 3.05) is 39.1 Å². The number of fused-ring (bicyclic) bond motifs is 1. The van der Waals surface area contributed by atoms with Gasteiger partial charge in [-0.25, -0.2) is 4.79 Å². The van der Waals surface area contributed by atoms with Crippen molar-refractivity contribution < 1.29 is 19.4 Å². The van der Waals surface area contributed by atoms with Gasteiger partial charge in [0.1, 0.15) is 11.9 Å². The number of nitrogens with one attached hydrogen (secondary N) is 2. The zero-order valence-electron chi connectivity index (χ0n) is 18.2. The number of carbonyl (C=O) groups is 2. The van der Waals surface area contributed by atoms with Gasteiger partial charge in [0.15, 0.2) is 0 Å². The highest BCUT2D eigenvalue weighted by Gasteiger charge is 2.33. The van der Waals surface area contributed by atoms with Crippen molar-refractivity contribution in [1.82, 2.24) is 15.1 Å². The number of ether oxygens (including phenoxy) is 1. The Bertz CT molecular complexity index is 723. The predicted molar refractivity (Wildman–Crippen MR) is 113 cm³/mol. The van der Waals surface area contributed by atoms with Crippen LogP contribution in [0.25, 0.3) is 0 Å². The van der Waals surface area contributed by atoms with E-state index in [-0.39, 0.29) is 42.7 Å². The average Bonchev–Trinajstić information content (AvgIpc) is 2.63. The van der Waals surface area contributed by atoms with Gasteiger partial charge in [0.05, 0.1) is 18.2 Å². The number of nitrogens with zero attached hydrogens (tertiary/aromatic N) is 2. The van der Waals surface area contributed by atoms with Crippen LogP contribution in [0.2, 0.25) is 0 Å². The molecular weight excluding hydrogens is 372 g/mol. The van der Waals surface area contributed by atoms with Crippen LogP contribution in [0.3, 0.4) is 0 Å². The number of benzene rings is 1. The molecule has 1 heterocycles. The van der Waals surface area contributed by atoms with E-state index in [0.717, 1.165) is 0 Å². The predicted octanol–water partition coefficient (Wildman–Crippen LogP) is 2.00. The fraction of sp³-hybridized carbons (Fsp3) is 0.619. The molecular formula is C21H34N4O4. The van der Waals surface area contributed by atoms with Gasteiger partial charge in [-0.2, -0.15) is 0 Å². The minimum atomic E-state index is -0.334. The van der Waals surface area contributed by atoms with Crippen LogP contribution in [-0.4, -0.2) is 78.8 Å². The van der Waals surface area contributed by atoms with Crippen molar-refractivity contribution in [3.63, 3.8) is 0 Å². The third-order valence-electron chi connectivity index (χ3n) is 4.89. The van der Waals surface area contributed by atoms with E-state index in [1.807, 2.05) is 34.9 Å². The molecule has 0 saturated carbocycles. The molecule has 29 heavy (non-hydrogen) atoms. The Hall–Kier alpha value is -2.32. The number of carbonyl (C=O) groups excluding carboxylic acids is 2. The Morgan fingerprint density at radius 2 is 2.03 bits per heavy atom. The first-order valence-corrected chi connectivity index (χ1v) is 10.1. The highest BCUT2D eigenvalue weighted by Crippen LogP contribution is 2.30. The summed E-state index contributed by atoms with van der Waals surface area (Å²) in [5.41, 5.74) is 0.886.